The Morgan fingerprint density at radius 3 is 2.89 bits per heavy atom. The van der Waals surface area contributed by atoms with Gasteiger partial charge < -0.3 is 10.4 Å². The molecule has 5 nitrogen and oxygen atoms in total. The molecule has 94 valence electrons. The van der Waals surface area contributed by atoms with Gasteiger partial charge in [-0.15, -0.1) is 11.3 Å². The Hall–Kier alpha value is -1.66. The summed E-state index contributed by atoms with van der Waals surface area (Å²) in [6, 6.07) is 5.03. The Kier molecular flexibility index (Phi) is 3.78. The lowest BCUT2D eigenvalue weighted by atomic mass is 10.3. The molecular formula is C11H10ClN3O2S. The number of carbonyl (C=O) groups is 1. The van der Waals surface area contributed by atoms with Gasteiger partial charge in [0.25, 0.3) is 0 Å². The van der Waals surface area contributed by atoms with Crippen LogP contribution in [0.25, 0.3) is 0 Å². The van der Waals surface area contributed by atoms with Gasteiger partial charge in [-0.05, 0) is 25.1 Å². The minimum absolute atomic E-state index is 0.0356. The lowest BCUT2D eigenvalue weighted by molar-refractivity contribution is 0.0690. The van der Waals surface area contributed by atoms with Gasteiger partial charge in [0.05, 0.1) is 10.4 Å². The zero-order valence-corrected chi connectivity index (χ0v) is 11.0. The first-order valence-electron chi connectivity index (χ1n) is 5.14. The summed E-state index contributed by atoms with van der Waals surface area (Å²) in [4.78, 5) is 19.7. The quantitative estimate of drug-likeness (QED) is 0.902. The third-order valence-corrected chi connectivity index (χ3v) is 3.65. The van der Waals surface area contributed by atoms with E-state index in [2.05, 4.69) is 15.3 Å². The van der Waals surface area contributed by atoms with E-state index in [4.69, 9.17) is 16.7 Å². The van der Waals surface area contributed by atoms with E-state index in [9.17, 15) is 4.79 Å². The molecule has 2 heterocycles. The van der Waals surface area contributed by atoms with Crippen LogP contribution in [0.4, 0.5) is 5.95 Å². The van der Waals surface area contributed by atoms with Crippen molar-refractivity contribution >= 4 is 34.9 Å². The van der Waals surface area contributed by atoms with Gasteiger partial charge in [0, 0.05) is 11.1 Å². The second-order valence-corrected chi connectivity index (χ2v) is 5.33. The van der Waals surface area contributed by atoms with E-state index in [1.165, 1.54) is 23.6 Å². The number of rotatable bonds is 4. The minimum atomic E-state index is -1.08. The summed E-state index contributed by atoms with van der Waals surface area (Å²) in [7, 11) is 0. The molecule has 2 aromatic heterocycles. The number of hydrogen-bond donors (Lipinski definition) is 2. The van der Waals surface area contributed by atoms with Crippen molar-refractivity contribution < 1.29 is 9.90 Å². The first-order chi connectivity index (χ1) is 8.56. The number of anilines is 1. The minimum Gasteiger partial charge on any atom is -0.477 e. The smallest absolute Gasteiger partial charge is 0.354 e. The Morgan fingerprint density at radius 2 is 2.28 bits per heavy atom. The van der Waals surface area contributed by atoms with Crippen LogP contribution in [0, 0.1) is 0 Å². The summed E-state index contributed by atoms with van der Waals surface area (Å²) in [6.45, 7) is 1.93. The molecule has 0 aromatic carbocycles. The average molecular weight is 284 g/mol. The fourth-order valence-electron chi connectivity index (χ4n) is 1.37. The molecule has 0 fully saturated rings. The molecule has 0 aliphatic rings. The second-order valence-electron chi connectivity index (χ2n) is 3.58. The lowest BCUT2D eigenvalue weighted by Gasteiger charge is -2.11. The van der Waals surface area contributed by atoms with E-state index in [-0.39, 0.29) is 17.7 Å². The second kappa shape index (κ2) is 5.32. The lowest BCUT2D eigenvalue weighted by Crippen LogP contribution is -2.10. The van der Waals surface area contributed by atoms with Gasteiger partial charge in [0.15, 0.2) is 5.69 Å². The maximum atomic E-state index is 10.8. The summed E-state index contributed by atoms with van der Waals surface area (Å²) in [5.41, 5.74) is -0.0380. The molecule has 0 saturated carbocycles. The number of hydrogen-bond acceptors (Lipinski definition) is 5. The van der Waals surface area contributed by atoms with Crippen molar-refractivity contribution in [3.63, 3.8) is 0 Å². The normalized spacial score (nSPS) is 12.1. The zero-order chi connectivity index (χ0) is 13.1. The molecule has 2 aromatic rings. The number of nitrogens with zero attached hydrogens (tertiary/aromatic N) is 2. The number of carboxylic acids is 1. The summed E-state index contributed by atoms with van der Waals surface area (Å²) in [5, 5.41) is 11.9. The van der Waals surface area contributed by atoms with E-state index in [0.29, 0.717) is 4.34 Å². The molecular weight excluding hydrogens is 274 g/mol. The Labute approximate surface area is 112 Å². The maximum absolute atomic E-state index is 10.8. The summed E-state index contributed by atoms with van der Waals surface area (Å²) in [5.74, 6) is -0.792. The molecule has 0 bridgehead atoms. The van der Waals surface area contributed by atoms with Crippen molar-refractivity contribution in [1.82, 2.24) is 9.97 Å². The third kappa shape index (κ3) is 2.96. The van der Waals surface area contributed by atoms with Crippen LogP contribution in [0.15, 0.2) is 24.4 Å². The molecule has 1 unspecified atom stereocenters. The third-order valence-electron chi connectivity index (χ3n) is 2.24. The highest BCUT2D eigenvalue weighted by atomic mass is 35.5. The largest absolute Gasteiger partial charge is 0.477 e. The number of carboxylic acid groups (broad SMARTS) is 1. The van der Waals surface area contributed by atoms with Crippen LogP contribution < -0.4 is 5.32 Å². The number of thiophene rings is 1. The molecule has 0 aliphatic heterocycles. The highest BCUT2D eigenvalue weighted by Gasteiger charge is 2.11. The van der Waals surface area contributed by atoms with E-state index >= 15 is 0 Å². The van der Waals surface area contributed by atoms with Crippen LogP contribution in [0.5, 0.6) is 0 Å². The van der Waals surface area contributed by atoms with Gasteiger partial charge in [0.1, 0.15) is 0 Å². The number of aromatic nitrogens is 2. The molecule has 2 N–H and O–H groups in total. The number of aromatic carboxylic acids is 1. The van der Waals surface area contributed by atoms with E-state index in [1.807, 2.05) is 19.1 Å². The number of nitrogens with one attached hydrogen (secondary N) is 1. The Morgan fingerprint density at radius 1 is 1.50 bits per heavy atom. The van der Waals surface area contributed by atoms with Crippen molar-refractivity contribution in [2.75, 3.05) is 5.32 Å². The molecule has 18 heavy (non-hydrogen) atoms. The zero-order valence-electron chi connectivity index (χ0n) is 9.42. The van der Waals surface area contributed by atoms with E-state index in [1.54, 1.807) is 0 Å². The van der Waals surface area contributed by atoms with Gasteiger partial charge in [-0.25, -0.2) is 14.8 Å². The standard InChI is InChI=1S/C11H10ClN3O2S/c1-6(8-2-3-9(12)18-8)14-11-13-5-4-7(15-11)10(16)17/h2-6H,1H3,(H,16,17)(H,13,14,15). The number of halogens is 1. The Balaban J connectivity index is 2.14. The summed E-state index contributed by atoms with van der Waals surface area (Å²) in [6.07, 6.45) is 1.41. The van der Waals surface area contributed by atoms with Gasteiger partial charge in [0.2, 0.25) is 5.95 Å². The molecule has 0 spiro atoms. The molecule has 2 rings (SSSR count). The first kappa shape index (κ1) is 12.8. The molecule has 7 heteroatoms. The first-order valence-corrected chi connectivity index (χ1v) is 6.34. The fourth-order valence-corrected chi connectivity index (χ4v) is 2.44. The highest BCUT2D eigenvalue weighted by molar-refractivity contribution is 7.16. The van der Waals surface area contributed by atoms with Crippen molar-refractivity contribution in [3.05, 3.63) is 39.3 Å². The predicted octanol–water partition coefficient (Wildman–Crippen LogP) is 3.06. The molecule has 0 amide bonds. The summed E-state index contributed by atoms with van der Waals surface area (Å²) >= 11 is 7.31. The van der Waals surface area contributed by atoms with Gasteiger partial charge in [-0.2, -0.15) is 0 Å². The molecule has 1 atom stereocenters. The molecule has 0 aliphatic carbocycles. The van der Waals surface area contributed by atoms with Crippen molar-refractivity contribution in [3.8, 4) is 0 Å². The SMILES string of the molecule is CC(Nc1nccc(C(=O)O)n1)c1ccc(Cl)s1. The van der Waals surface area contributed by atoms with Crippen LogP contribution in [-0.2, 0) is 0 Å². The van der Waals surface area contributed by atoms with Crippen molar-refractivity contribution in [2.45, 2.75) is 13.0 Å². The highest BCUT2D eigenvalue weighted by Crippen LogP contribution is 2.28. The van der Waals surface area contributed by atoms with Crippen LogP contribution in [-0.4, -0.2) is 21.0 Å². The predicted molar refractivity (Wildman–Crippen MR) is 70.4 cm³/mol. The van der Waals surface area contributed by atoms with E-state index in [0.717, 1.165) is 4.88 Å². The van der Waals surface area contributed by atoms with Gasteiger partial charge in [-0.3, -0.25) is 0 Å². The van der Waals surface area contributed by atoms with Gasteiger partial charge in [-0.1, -0.05) is 11.6 Å². The average Bonchev–Trinajstić information content (AvgIpc) is 2.76. The maximum Gasteiger partial charge on any atom is 0.354 e. The molecule has 0 saturated heterocycles. The summed E-state index contributed by atoms with van der Waals surface area (Å²) < 4.78 is 0.707. The van der Waals surface area contributed by atoms with Crippen LogP contribution in [0.2, 0.25) is 4.34 Å². The van der Waals surface area contributed by atoms with E-state index < -0.39 is 5.97 Å². The van der Waals surface area contributed by atoms with Crippen molar-refractivity contribution in [1.29, 1.82) is 0 Å². The van der Waals surface area contributed by atoms with Crippen molar-refractivity contribution in [2.24, 2.45) is 0 Å². The Bertz CT molecular complexity index is 573. The van der Waals surface area contributed by atoms with Crippen LogP contribution in [0.1, 0.15) is 28.3 Å². The monoisotopic (exact) mass is 283 g/mol. The topological polar surface area (TPSA) is 75.1 Å². The molecule has 0 radical (unpaired) electrons. The van der Waals surface area contributed by atoms with Crippen LogP contribution in [0.3, 0.4) is 0 Å². The van der Waals surface area contributed by atoms with Gasteiger partial charge >= 0.3 is 5.97 Å². The fraction of sp³-hybridized carbons (Fsp3) is 0.182. The van der Waals surface area contributed by atoms with Crippen LogP contribution >= 0.6 is 22.9 Å².